The molecule has 0 radical (unpaired) electrons. The molecule has 0 aromatic carbocycles. The Bertz CT molecular complexity index is 507. The summed E-state index contributed by atoms with van der Waals surface area (Å²) in [6.45, 7) is 1.78. The first-order valence-electron chi connectivity index (χ1n) is 6.05. The van der Waals surface area contributed by atoms with Gasteiger partial charge in [0.05, 0.1) is 0 Å². The third kappa shape index (κ3) is 3.88. The molecule has 0 aliphatic rings. The minimum atomic E-state index is 0.176. The molecule has 8 heteroatoms. The molecule has 0 unspecified atom stereocenters. The second-order valence-corrected chi connectivity index (χ2v) is 4.35. The summed E-state index contributed by atoms with van der Waals surface area (Å²) < 4.78 is 1.54. The highest BCUT2D eigenvalue weighted by atomic mass is 15.4. The van der Waals surface area contributed by atoms with Gasteiger partial charge in [-0.15, -0.1) is 0 Å². The zero-order valence-electron chi connectivity index (χ0n) is 11.1. The molecule has 2 aromatic heterocycles. The van der Waals surface area contributed by atoms with E-state index in [4.69, 9.17) is 5.73 Å². The molecule has 2 aromatic rings. The van der Waals surface area contributed by atoms with Gasteiger partial charge in [-0.2, -0.15) is 20.1 Å². The molecule has 0 atom stereocenters. The van der Waals surface area contributed by atoms with Crippen molar-refractivity contribution in [1.82, 2.24) is 29.6 Å². The lowest BCUT2D eigenvalue weighted by atomic mass is 10.4. The molecule has 0 fully saturated rings. The van der Waals surface area contributed by atoms with E-state index in [0.29, 0.717) is 11.9 Å². The quantitative estimate of drug-likeness (QED) is 0.707. The van der Waals surface area contributed by atoms with Crippen molar-refractivity contribution in [3.8, 4) is 5.95 Å². The molecular formula is C11H18N8. The first kappa shape index (κ1) is 13.2. The van der Waals surface area contributed by atoms with E-state index >= 15 is 0 Å². The van der Waals surface area contributed by atoms with Crippen LogP contribution < -0.4 is 11.1 Å². The van der Waals surface area contributed by atoms with E-state index in [0.717, 1.165) is 19.5 Å². The van der Waals surface area contributed by atoms with Crippen molar-refractivity contribution in [3.05, 3.63) is 18.5 Å². The van der Waals surface area contributed by atoms with Gasteiger partial charge in [0.25, 0.3) is 5.95 Å². The Morgan fingerprint density at radius 3 is 2.84 bits per heavy atom. The van der Waals surface area contributed by atoms with Gasteiger partial charge < -0.3 is 16.0 Å². The highest BCUT2D eigenvalue weighted by molar-refractivity contribution is 5.34. The second-order valence-electron chi connectivity index (χ2n) is 4.35. The lowest BCUT2D eigenvalue weighted by Crippen LogP contribution is -2.18. The third-order valence-corrected chi connectivity index (χ3v) is 2.42. The predicted molar refractivity (Wildman–Crippen MR) is 73.0 cm³/mol. The number of nitrogen functional groups attached to an aromatic ring is 1. The fourth-order valence-corrected chi connectivity index (χ4v) is 1.54. The summed E-state index contributed by atoms with van der Waals surface area (Å²) in [5, 5.41) is 7.20. The number of nitrogens with zero attached hydrogens (tertiary/aromatic N) is 6. The van der Waals surface area contributed by atoms with Gasteiger partial charge in [0.15, 0.2) is 0 Å². The van der Waals surface area contributed by atoms with Crippen LogP contribution in [0.1, 0.15) is 6.42 Å². The van der Waals surface area contributed by atoms with Crippen LogP contribution in [0.15, 0.2) is 18.5 Å². The fraction of sp³-hybridized carbons (Fsp3) is 0.455. The van der Waals surface area contributed by atoms with Crippen LogP contribution in [0.25, 0.3) is 5.95 Å². The van der Waals surface area contributed by atoms with Gasteiger partial charge in [-0.3, -0.25) is 0 Å². The molecule has 102 valence electrons. The van der Waals surface area contributed by atoms with E-state index in [2.05, 4.69) is 30.3 Å². The zero-order valence-corrected chi connectivity index (χ0v) is 11.1. The van der Waals surface area contributed by atoms with Crippen molar-refractivity contribution in [1.29, 1.82) is 0 Å². The van der Waals surface area contributed by atoms with Gasteiger partial charge in [-0.1, -0.05) is 0 Å². The van der Waals surface area contributed by atoms with Crippen LogP contribution in [-0.4, -0.2) is 56.8 Å². The van der Waals surface area contributed by atoms with Gasteiger partial charge in [-0.05, 0) is 33.1 Å². The van der Waals surface area contributed by atoms with E-state index in [-0.39, 0.29) is 5.95 Å². The Kier molecular flexibility index (Phi) is 4.24. The maximum atomic E-state index is 5.67. The highest BCUT2D eigenvalue weighted by Gasteiger charge is 2.05. The number of nitrogens with one attached hydrogen (secondary N) is 1. The summed E-state index contributed by atoms with van der Waals surface area (Å²) in [6, 6.07) is 1.80. The van der Waals surface area contributed by atoms with E-state index in [1.807, 2.05) is 14.1 Å². The maximum Gasteiger partial charge on any atom is 0.257 e. The summed E-state index contributed by atoms with van der Waals surface area (Å²) in [7, 11) is 4.08. The van der Waals surface area contributed by atoms with Crippen molar-refractivity contribution in [2.75, 3.05) is 38.2 Å². The smallest absolute Gasteiger partial charge is 0.257 e. The number of aromatic nitrogens is 5. The Labute approximate surface area is 111 Å². The third-order valence-electron chi connectivity index (χ3n) is 2.42. The number of hydrogen-bond donors (Lipinski definition) is 2. The Balaban J connectivity index is 2.01. The van der Waals surface area contributed by atoms with Crippen molar-refractivity contribution in [3.63, 3.8) is 0 Å². The van der Waals surface area contributed by atoms with Gasteiger partial charge in [-0.25, -0.2) is 4.68 Å². The summed E-state index contributed by atoms with van der Waals surface area (Å²) in [5.74, 6) is 1.06. The fourth-order valence-electron chi connectivity index (χ4n) is 1.54. The molecule has 0 saturated heterocycles. The number of rotatable bonds is 6. The molecule has 19 heavy (non-hydrogen) atoms. The SMILES string of the molecule is CN(C)CCCNc1nc(N)nc(-n2cccn2)n1. The van der Waals surface area contributed by atoms with Crippen molar-refractivity contribution >= 4 is 11.9 Å². The van der Waals surface area contributed by atoms with E-state index in [9.17, 15) is 0 Å². The average Bonchev–Trinajstić information content (AvgIpc) is 2.87. The van der Waals surface area contributed by atoms with Crippen LogP contribution in [0.5, 0.6) is 0 Å². The summed E-state index contributed by atoms with van der Waals surface area (Å²) in [5.41, 5.74) is 5.67. The second kappa shape index (κ2) is 6.10. The van der Waals surface area contributed by atoms with Gasteiger partial charge in [0.1, 0.15) is 0 Å². The Hall–Kier alpha value is -2.22. The Morgan fingerprint density at radius 1 is 1.32 bits per heavy atom. The normalized spacial score (nSPS) is 10.9. The molecule has 0 aliphatic heterocycles. The average molecular weight is 262 g/mol. The lowest BCUT2D eigenvalue weighted by Gasteiger charge is -2.10. The molecule has 0 spiro atoms. The van der Waals surface area contributed by atoms with Crippen LogP contribution >= 0.6 is 0 Å². The van der Waals surface area contributed by atoms with Crippen molar-refractivity contribution in [2.45, 2.75) is 6.42 Å². The standard InChI is InChI=1S/C11H18N8/c1-18(2)7-3-5-13-10-15-9(12)16-11(17-10)19-8-4-6-14-19/h4,6,8H,3,5,7H2,1-2H3,(H3,12,13,15,16,17). The molecule has 0 amide bonds. The van der Waals surface area contributed by atoms with Gasteiger partial charge in [0, 0.05) is 18.9 Å². The first-order chi connectivity index (χ1) is 9.15. The largest absolute Gasteiger partial charge is 0.368 e. The molecule has 0 aliphatic carbocycles. The van der Waals surface area contributed by atoms with E-state index < -0.39 is 0 Å². The van der Waals surface area contributed by atoms with E-state index in [1.165, 1.54) is 0 Å². The van der Waals surface area contributed by atoms with Gasteiger partial charge in [0.2, 0.25) is 11.9 Å². The van der Waals surface area contributed by atoms with Crippen molar-refractivity contribution in [2.24, 2.45) is 0 Å². The topological polar surface area (TPSA) is 97.8 Å². The van der Waals surface area contributed by atoms with Crippen LogP contribution in [0.2, 0.25) is 0 Å². The number of anilines is 2. The van der Waals surface area contributed by atoms with Crippen molar-refractivity contribution < 1.29 is 0 Å². The lowest BCUT2D eigenvalue weighted by molar-refractivity contribution is 0.405. The summed E-state index contributed by atoms with van der Waals surface area (Å²) >= 11 is 0. The van der Waals surface area contributed by atoms with Gasteiger partial charge >= 0.3 is 0 Å². The Morgan fingerprint density at radius 2 is 2.16 bits per heavy atom. The zero-order chi connectivity index (χ0) is 13.7. The van der Waals surface area contributed by atoms with Crippen LogP contribution in [0, 0.1) is 0 Å². The monoisotopic (exact) mass is 262 g/mol. The molecule has 3 N–H and O–H groups in total. The van der Waals surface area contributed by atoms with E-state index in [1.54, 1.807) is 23.1 Å². The number of nitrogens with two attached hydrogens (primary N) is 1. The molecule has 0 saturated carbocycles. The molecular weight excluding hydrogens is 244 g/mol. The molecule has 0 bridgehead atoms. The molecule has 2 heterocycles. The number of hydrogen-bond acceptors (Lipinski definition) is 7. The summed E-state index contributed by atoms with van der Waals surface area (Å²) in [6.07, 6.45) is 4.41. The maximum absolute atomic E-state index is 5.67. The predicted octanol–water partition coefficient (Wildman–Crippen LogP) is 0.00310. The molecule has 8 nitrogen and oxygen atoms in total. The van der Waals surface area contributed by atoms with Crippen LogP contribution in [-0.2, 0) is 0 Å². The first-order valence-corrected chi connectivity index (χ1v) is 6.05. The minimum absolute atomic E-state index is 0.176. The minimum Gasteiger partial charge on any atom is -0.368 e. The van der Waals surface area contributed by atoms with Crippen LogP contribution in [0.4, 0.5) is 11.9 Å². The highest BCUT2D eigenvalue weighted by Crippen LogP contribution is 2.06. The molecule has 2 rings (SSSR count). The van der Waals surface area contributed by atoms with Crippen LogP contribution in [0.3, 0.4) is 0 Å². The summed E-state index contributed by atoms with van der Waals surface area (Å²) in [4.78, 5) is 14.5.